The average molecular weight is 451 g/mol. The van der Waals surface area contributed by atoms with E-state index in [9.17, 15) is 4.79 Å². The molecule has 1 amide bonds. The van der Waals surface area contributed by atoms with Gasteiger partial charge in [0.25, 0.3) is 5.91 Å². The molecule has 1 saturated heterocycles. The average Bonchev–Trinajstić information content (AvgIpc) is 3.32. The van der Waals surface area contributed by atoms with E-state index >= 15 is 0 Å². The maximum atomic E-state index is 13.2. The van der Waals surface area contributed by atoms with Crippen LogP contribution in [0, 0.1) is 6.92 Å². The Morgan fingerprint density at radius 2 is 2.00 bits per heavy atom. The summed E-state index contributed by atoms with van der Waals surface area (Å²) in [5.74, 6) is 3.18. The quantitative estimate of drug-likeness (QED) is 0.600. The second-order valence-electron chi connectivity index (χ2n) is 7.34. The minimum atomic E-state index is -0.252. The Balaban J connectivity index is 1.49. The maximum Gasteiger partial charge on any atom is 0.262 e. The summed E-state index contributed by atoms with van der Waals surface area (Å²) in [5, 5.41) is 12.2. The Labute approximate surface area is 189 Å². The van der Waals surface area contributed by atoms with Gasteiger partial charge in [0.2, 0.25) is 0 Å². The number of rotatable bonds is 4. The van der Waals surface area contributed by atoms with Gasteiger partial charge in [-0.15, -0.1) is 23.5 Å². The zero-order chi connectivity index (χ0) is 21.2. The van der Waals surface area contributed by atoms with Crippen LogP contribution in [0.2, 0.25) is 0 Å². The summed E-state index contributed by atoms with van der Waals surface area (Å²) >= 11 is 3.82. The number of nitrogens with zero attached hydrogens (tertiary/aromatic N) is 5. The number of hydrogen-bond acceptors (Lipinski definition) is 6. The number of anilines is 1. The van der Waals surface area contributed by atoms with Gasteiger partial charge >= 0.3 is 0 Å². The van der Waals surface area contributed by atoms with Gasteiger partial charge in [0, 0.05) is 24.9 Å². The minimum absolute atomic E-state index is 0.252. The highest BCUT2D eigenvalue weighted by atomic mass is 32.2. The topological polar surface area (TPSA) is 77.1 Å². The van der Waals surface area contributed by atoms with E-state index in [2.05, 4.69) is 22.3 Å². The highest BCUT2D eigenvalue weighted by Gasteiger charge is 2.24. The van der Waals surface area contributed by atoms with Crippen LogP contribution in [-0.2, 0) is 0 Å². The summed E-state index contributed by atoms with van der Waals surface area (Å²) in [7, 11) is 0. The van der Waals surface area contributed by atoms with Crippen molar-refractivity contribution in [3.8, 4) is 5.69 Å². The Morgan fingerprint density at radius 1 is 1.19 bits per heavy atom. The zero-order valence-corrected chi connectivity index (χ0v) is 18.7. The van der Waals surface area contributed by atoms with Crippen molar-refractivity contribution < 1.29 is 4.79 Å². The third-order valence-electron chi connectivity index (χ3n) is 5.03. The second kappa shape index (κ2) is 8.76. The SMILES string of the molecule is Cc1ccc(-n2nc(C3SCCCS3)cc2NC(=O)c2cnn3c2N=CCC=C3)cc1. The van der Waals surface area contributed by atoms with Gasteiger partial charge in [0.05, 0.1) is 22.2 Å². The lowest BCUT2D eigenvalue weighted by atomic mass is 10.2. The predicted molar refractivity (Wildman–Crippen MR) is 129 cm³/mol. The number of amides is 1. The number of aryl methyl sites for hydroxylation is 1. The van der Waals surface area contributed by atoms with Gasteiger partial charge in [-0.25, -0.2) is 14.4 Å². The molecule has 0 aliphatic carbocycles. The minimum Gasteiger partial charge on any atom is -0.306 e. The largest absolute Gasteiger partial charge is 0.306 e. The van der Waals surface area contributed by atoms with Gasteiger partial charge in [0.1, 0.15) is 11.4 Å². The molecule has 1 N–H and O–H groups in total. The molecule has 4 heterocycles. The van der Waals surface area contributed by atoms with Crippen molar-refractivity contribution in [2.45, 2.75) is 24.3 Å². The third kappa shape index (κ3) is 4.20. The highest BCUT2D eigenvalue weighted by molar-refractivity contribution is 8.16. The lowest BCUT2D eigenvalue weighted by molar-refractivity contribution is 0.102. The Morgan fingerprint density at radius 3 is 2.81 bits per heavy atom. The first-order valence-corrected chi connectivity index (χ1v) is 12.3. The molecule has 0 radical (unpaired) electrons. The number of nitrogens with one attached hydrogen (secondary N) is 1. The number of carbonyl (C=O) groups is 1. The molecule has 1 aromatic carbocycles. The van der Waals surface area contributed by atoms with Crippen LogP contribution in [0.15, 0.2) is 47.6 Å². The molecular weight excluding hydrogens is 428 g/mol. The van der Waals surface area contributed by atoms with Crippen LogP contribution in [-0.4, -0.2) is 43.2 Å². The molecule has 31 heavy (non-hydrogen) atoms. The number of aromatic nitrogens is 4. The fourth-order valence-corrected chi connectivity index (χ4v) is 6.21. The molecule has 0 saturated carbocycles. The summed E-state index contributed by atoms with van der Waals surface area (Å²) in [6, 6.07) is 10.1. The van der Waals surface area contributed by atoms with Crippen molar-refractivity contribution in [2.24, 2.45) is 4.99 Å². The first kappa shape index (κ1) is 20.1. The van der Waals surface area contributed by atoms with E-state index in [0.717, 1.165) is 22.9 Å². The number of aliphatic imine (C=N–C) groups is 1. The third-order valence-corrected chi connectivity index (χ3v) is 7.99. The van der Waals surface area contributed by atoms with E-state index < -0.39 is 0 Å². The van der Waals surface area contributed by atoms with Gasteiger partial charge in [-0.3, -0.25) is 4.79 Å². The number of benzene rings is 1. The lowest BCUT2D eigenvalue weighted by Crippen LogP contribution is -2.15. The monoisotopic (exact) mass is 450 g/mol. The Kier molecular flexibility index (Phi) is 5.69. The molecule has 0 atom stereocenters. The van der Waals surface area contributed by atoms with E-state index in [1.807, 2.05) is 70.8 Å². The fraction of sp³-hybridized carbons (Fsp3) is 0.273. The van der Waals surface area contributed by atoms with Crippen LogP contribution in [0.25, 0.3) is 11.9 Å². The number of thioether (sulfide) groups is 2. The van der Waals surface area contributed by atoms with Gasteiger partial charge in [-0.05, 0) is 37.0 Å². The van der Waals surface area contributed by atoms with E-state index in [0.29, 0.717) is 23.6 Å². The smallest absolute Gasteiger partial charge is 0.262 e. The molecule has 7 nitrogen and oxygen atoms in total. The summed E-state index contributed by atoms with van der Waals surface area (Å²) in [4.78, 5) is 17.6. The van der Waals surface area contributed by atoms with E-state index in [4.69, 9.17) is 5.10 Å². The van der Waals surface area contributed by atoms with Crippen molar-refractivity contribution in [2.75, 3.05) is 16.8 Å². The number of hydrogen-bond donors (Lipinski definition) is 1. The normalized spacial score (nSPS) is 16.2. The van der Waals surface area contributed by atoms with Crippen molar-refractivity contribution in [3.05, 3.63) is 59.4 Å². The lowest BCUT2D eigenvalue weighted by Gasteiger charge is -2.18. The molecule has 1 fully saturated rings. The van der Waals surface area contributed by atoms with Gasteiger partial charge in [-0.2, -0.15) is 10.2 Å². The van der Waals surface area contributed by atoms with E-state index in [1.165, 1.54) is 12.0 Å². The zero-order valence-electron chi connectivity index (χ0n) is 17.1. The van der Waals surface area contributed by atoms with Crippen molar-refractivity contribution in [3.63, 3.8) is 0 Å². The summed E-state index contributed by atoms with van der Waals surface area (Å²) in [6.07, 6.45) is 9.04. The van der Waals surface area contributed by atoms with Crippen LogP contribution < -0.4 is 5.32 Å². The van der Waals surface area contributed by atoms with Crippen LogP contribution in [0.1, 0.15) is 39.0 Å². The number of carbonyl (C=O) groups excluding carboxylic acids is 1. The first-order chi connectivity index (χ1) is 15.2. The molecule has 0 unspecified atom stereocenters. The van der Waals surface area contributed by atoms with Gasteiger partial charge in [0.15, 0.2) is 5.82 Å². The van der Waals surface area contributed by atoms with Crippen molar-refractivity contribution in [1.29, 1.82) is 0 Å². The molecule has 2 aromatic heterocycles. The first-order valence-electron chi connectivity index (χ1n) is 10.2. The van der Waals surface area contributed by atoms with Crippen LogP contribution in [0.5, 0.6) is 0 Å². The molecule has 3 aromatic rings. The summed E-state index contributed by atoms with van der Waals surface area (Å²) in [5.41, 5.74) is 3.49. The van der Waals surface area contributed by atoms with Crippen molar-refractivity contribution >= 4 is 53.5 Å². The standard InChI is InChI=1S/C22H22N6OS2/c1-15-5-7-16(8-6-15)28-19(13-18(26-28)22-30-11-4-12-31-22)25-21(29)17-14-24-27-10-3-2-9-23-20(17)27/h3,5-10,13-14,22H,2,4,11-12H2,1H3,(H,25,29). The van der Waals surface area contributed by atoms with Crippen LogP contribution in [0.4, 0.5) is 11.6 Å². The Bertz CT molecular complexity index is 1160. The number of fused-ring (bicyclic) bond motifs is 1. The van der Waals surface area contributed by atoms with Crippen molar-refractivity contribution in [1.82, 2.24) is 19.6 Å². The fourth-order valence-electron chi connectivity index (χ4n) is 3.44. The summed E-state index contributed by atoms with van der Waals surface area (Å²) in [6.45, 7) is 2.05. The second-order valence-corrected chi connectivity index (χ2v) is 10.1. The molecule has 9 heteroatoms. The molecule has 0 bridgehead atoms. The molecule has 0 spiro atoms. The van der Waals surface area contributed by atoms with E-state index in [1.54, 1.807) is 17.1 Å². The molecule has 5 rings (SSSR count). The maximum absolute atomic E-state index is 13.2. The summed E-state index contributed by atoms with van der Waals surface area (Å²) < 4.78 is 3.71. The predicted octanol–water partition coefficient (Wildman–Crippen LogP) is 5.07. The van der Waals surface area contributed by atoms with Crippen LogP contribution >= 0.6 is 23.5 Å². The van der Waals surface area contributed by atoms with Crippen LogP contribution in [0.3, 0.4) is 0 Å². The molecular formula is C22H22N6OS2. The molecule has 2 aliphatic heterocycles. The van der Waals surface area contributed by atoms with Gasteiger partial charge < -0.3 is 5.32 Å². The number of allylic oxidation sites excluding steroid dienone is 1. The Hall–Kier alpha value is -2.78. The molecule has 158 valence electrons. The highest BCUT2D eigenvalue weighted by Crippen LogP contribution is 2.44. The van der Waals surface area contributed by atoms with E-state index in [-0.39, 0.29) is 10.5 Å². The van der Waals surface area contributed by atoms with Gasteiger partial charge in [-0.1, -0.05) is 23.8 Å². The molecule has 2 aliphatic rings.